The van der Waals surface area contributed by atoms with Gasteiger partial charge in [-0.3, -0.25) is 0 Å². The first-order valence-corrected chi connectivity index (χ1v) is 7.83. The van der Waals surface area contributed by atoms with E-state index in [4.69, 9.17) is 4.42 Å². The molecule has 0 atom stereocenters. The standard InChI is InChI=1S/C17H22N2O/c1-2-4-17-16(3-1)13(12-20-17)11-18-14-7-9-19(10-8-14)15-5-6-15/h1-4,12,14-15,18H,5-11H2. The molecule has 2 aromatic rings. The van der Waals surface area contributed by atoms with Crippen molar-refractivity contribution in [2.45, 2.75) is 44.3 Å². The summed E-state index contributed by atoms with van der Waals surface area (Å²) >= 11 is 0. The number of nitrogens with zero attached hydrogens (tertiary/aromatic N) is 1. The van der Waals surface area contributed by atoms with Crippen LogP contribution >= 0.6 is 0 Å². The minimum atomic E-state index is 0.665. The Hall–Kier alpha value is -1.32. The maximum atomic E-state index is 5.60. The number of furan rings is 1. The van der Waals surface area contributed by atoms with Gasteiger partial charge in [0.1, 0.15) is 5.58 Å². The van der Waals surface area contributed by atoms with E-state index in [0.717, 1.165) is 18.2 Å². The quantitative estimate of drug-likeness (QED) is 0.925. The monoisotopic (exact) mass is 270 g/mol. The van der Waals surface area contributed by atoms with E-state index in [1.54, 1.807) is 0 Å². The Balaban J connectivity index is 1.34. The number of fused-ring (bicyclic) bond motifs is 1. The van der Waals surface area contributed by atoms with Gasteiger partial charge in [0.15, 0.2) is 0 Å². The molecule has 1 aliphatic heterocycles. The lowest BCUT2D eigenvalue weighted by atomic mass is 10.0. The summed E-state index contributed by atoms with van der Waals surface area (Å²) in [6.45, 7) is 3.47. The number of nitrogens with one attached hydrogen (secondary N) is 1. The number of para-hydroxylation sites is 1. The van der Waals surface area contributed by atoms with E-state index in [1.807, 2.05) is 18.4 Å². The van der Waals surface area contributed by atoms with Crippen molar-refractivity contribution < 1.29 is 4.42 Å². The third-order valence-electron chi connectivity index (χ3n) is 4.74. The van der Waals surface area contributed by atoms with E-state index in [2.05, 4.69) is 22.3 Å². The van der Waals surface area contributed by atoms with Crippen molar-refractivity contribution in [3.63, 3.8) is 0 Å². The smallest absolute Gasteiger partial charge is 0.134 e. The average molecular weight is 270 g/mol. The van der Waals surface area contributed by atoms with Gasteiger partial charge in [-0.1, -0.05) is 18.2 Å². The lowest BCUT2D eigenvalue weighted by Gasteiger charge is -2.32. The molecule has 1 aliphatic carbocycles. The van der Waals surface area contributed by atoms with Gasteiger partial charge in [-0.25, -0.2) is 0 Å². The molecule has 1 aromatic carbocycles. The van der Waals surface area contributed by atoms with Crippen molar-refractivity contribution in [1.29, 1.82) is 0 Å². The highest BCUT2D eigenvalue weighted by atomic mass is 16.3. The van der Waals surface area contributed by atoms with Gasteiger partial charge in [-0.2, -0.15) is 0 Å². The minimum absolute atomic E-state index is 0.665. The molecule has 0 bridgehead atoms. The Labute approximate surface area is 119 Å². The second-order valence-corrected chi connectivity index (χ2v) is 6.18. The second kappa shape index (κ2) is 5.23. The molecule has 0 radical (unpaired) electrons. The van der Waals surface area contributed by atoms with Crippen molar-refractivity contribution >= 4 is 11.0 Å². The molecule has 1 saturated carbocycles. The maximum Gasteiger partial charge on any atom is 0.134 e. The van der Waals surface area contributed by atoms with E-state index < -0.39 is 0 Å². The maximum absolute atomic E-state index is 5.60. The molecular weight excluding hydrogens is 248 g/mol. The average Bonchev–Trinajstić information content (AvgIpc) is 3.27. The van der Waals surface area contributed by atoms with Crippen LogP contribution in [-0.2, 0) is 6.54 Å². The topological polar surface area (TPSA) is 28.4 Å². The van der Waals surface area contributed by atoms with Crippen LogP contribution in [0.4, 0.5) is 0 Å². The zero-order valence-corrected chi connectivity index (χ0v) is 11.8. The van der Waals surface area contributed by atoms with Crippen LogP contribution in [0.5, 0.6) is 0 Å². The van der Waals surface area contributed by atoms with Crippen LogP contribution in [0, 0.1) is 0 Å². The molecule has 3 nitrogen and oxygen atoms in total. The third-order valence-corrected chi connectivity index (χ3v) is 4.74. The lowest BCUT2D eigenvalue weighted by Crippen LogP contribution is -2.43. The van der Waals surface area contributed by atoms with Gasteiger partial charge in [-0.05, 0) is 44.8 Å². The molecular formula is C17H22N2O. The molecule has 0 unspecified atom stereocenters. The summed E-state index contributed by atoms with van der Waals surface area (Å²) in [5.74, 6) is 0. The molecule has 1 saturated heterocycles. The van der Waals surface area contributed by atoms with Gasteiger partial charge >= 0.3 is 0 Å². The Morgan fingerprint density at radius 3 is 2.70 bits per heavy atom. The SMILES string of the molecule is c1ccc2c(CNC3CCN(C4CC4)CC3)coc2c1. The highest BCUT2D eigenvalue weighted by molar-refractivity contribution is 5.80. The number of hydrogen-bond acceptors (Lipinski definition) is 3. The second-order valence-electron chi connectivity index (χ2n) is 6.18. The van der Waals surface area contributed by atoms with Crippen LogP contribution in [0.3, 0.4) is 0 Å². The molecule has 2 aliphatic rings. The largest absolute Gasteiger partial charge is 0.464 e. The summed E-state index contributed by atoms with van der Waals surface area (Å²) in [5.41, 5.74) is 2.28. The first kappa shape index (κ1) is 12.4. The highest BCUT2D eigenvalue weighted by Gasteiger charge is 2.31. The number of benzene rings is 1. The fourth-order valence-corrected chi connectivity index (χ4v) is 3.33. The molecule has 2 fully saturated rings. The van der Waals surface area contributed by atoms with Gasteiger partial charge < -0.3 is 14.6 Å². The summed E-state index contributed by atoms with van der Waals surface area (Å²) in [6, 6.07) is 9.87. The van der Waals surface area contributed by atoms with Crippen LogP contribution < -0.4 is 5.32 Å². The molecule has 106 valence electrons. The summed E-state index contributed by atoms with van der Waals surface area (Å²) in [6.07, 6.45) is 7.33. The van der Waals surface area contributed by atoms with Crippen molar-refractivity contribution in [2.75, 3.05) is 13.1 Å². The summed E-state index contributed by atoms with van der Waals surface area (Å²) in [7, 11) is 0. The molecule has 0 spiro atoms. The molecule has 4 rings (SSSR count). The number of likely N-dealkylation sites (tertiary alicyclic amines) is 1. The molecule has 1 N–H and O–H groups in total. The zero-order chi connectivity index (χ0) is 13.4. The van der Waals surface area contributed by atoms with Gasteiger partial charge in [0, 0.05) is 29.6 Å². The third kappa shape index (κ3) is 2.48. The van der Waals surface area contributed by atoms with Gasteiger partial charge in [0.2, 0.25) is 0 Å². The Morgan fingerprint density at radius 1 is 1.10 bits per heavy atom. The minimum Gasteiger partial charge on any atom is -0.464 e. The van der Waals surface area contributed by atoms with Gasteiger partial charge in [0.05, 0.1) is 6.26 Å². The first-order chi connectivity index (χ1) is 9.90. The molecule has 2 heterocycles. The van der Waals surface area contributed by atoms with Gasteiger partial charge in [-0.15, -0.1) is 0 Å². The highest BCUT2D eigenvalue weighted by Crippen LogP contribution is 2.29. The van der Waals surface area contributed by atoms with E-state index in [-0.39, 0.29) is 0 Å². The van der Waals surface area contributed by atoms with Crippen LogP contribution in [0.1, 0.15) is 31.2 Å². The van der Waals surface area contributed by atoms with Crippen molar-refractivity contribution in [3.05, 3.63) is 36.1 Å². The van der Waals surface area contributed by atoms with Crippen LogP contribution in [0.15, 0.2) is 34.9 Å². The summed E-state index contributed by atoms with van der Waals surface area (Å²) in [5, 5.41) is 4.96. The fourth-order valence-electron chi connectivity index (χ4n) is 3.33. The fraction of sp³-hybridized carbons (Fsp3) is 0.529. The van der Waals surface area contributed by atoms with Crippen LogP contribution in [0.25, 0.3) is 11.0 Å². The number of rotatable bonds is 4. The van der Waals surface area contributed by atoms with Gasteiger partial charge in [0.25, 0.3) is 0 Å². The number of hydrogen-bond donors (Lipinski definition) is 1. The van der Waals surface area contributed by atoms with Crippen molar-refractivity contribution in [2.24, 2.45) is 0 Å². The normalized spacial score (nSPS) is 21.6. The van der Waals surface area contributed by atoms with E-state index in [9.17, 15) is 0 Å². The lowest BCUT2D eigenvalue weighted by molar-refractivity contribution is 0.189. The first-order valence-electron chi connectivity index (χ1n) is 7.83. The molecule has 3 heteroatoms. The van der Waals surface area contributed by atoms with Crippen LogP contribution in [0.2, 0.25) is 0 Å². The van der Waals surface area contributed by atoms with Crippen LogP contribution in [-0.4, -0.2) is 30.1 Å². The Kier molecular flexibility index (Phi) is 3.25. The van der Waals surface area contributed by atoms with Crippen molar-refractivity contribution in [3.8, 4) is 0 Å². The predicted octanol–water partition coefficient (Wildman–Crippen LogP) is 3.15. The molecule has 0 amide bonds. The Bertz CT molecular complexity index is 579. The summed E-state index contributed by atoms with van der Waals surface area (Å²) in [4.78, 5) is 2.67. The van der Waals surface area contributed by atoms with E-state index in [0.29, 0.717) is 6.04 Å². The van der Waals surface area contributed by atoms with E-state index >= 15 is 0 Å². The van der Waals surface area contributed by atoms with Crippen molar-refractivity contribution in [1.82, 2.24) is 10.2 Å². The molecule has 20 heavy (non-hydrogen) atoms. The Morgan fingerprint density at radius 2 is 1.90 bits per heavy atom. The number of piperidine rings is 1. The summed E-state index contributed by atoms with van der Waals surface area (Å²) < 4.78 is 5.60. The zero-order valence-electron chi connectivity index (χ0n) is 11.8. The molecule has 1 aromatic heterocycles. The van der Waals surface area contributed by atoms with E-state index in [1.165, 1.54) is 49.7 Å². The predicted molar refractivity (Wildman–Crippen MR) is 80.7 cm³/mol.